The van der Waals surface area contributed by atoms with Crippen molar-refractivity contribution in [2.75, 3.05) is 46.0 Å². The Morgan fingerprint density at radius 1 is 0.950 bits per heavy atom. The second-order valence-corrected chi connectivity index (χ2v) is 10.0. The van der Waals surface area contributed by atoms with Crippen molar-refractivity contribution in [2.24, 2.45) is 5.73 Å². The zero-order valence-electron chi connectivity index (χ0n) is 11.4. The van der Waals surface area contributed by atoms with Crippen LogP contribution in [0.3, 0.4) is 0 Å². The van der Waals surface area contributed by atoms with Gasteiger partial charge in [0.05, 0.1) is 0 Å². The number of rotatable bonds is 13. The molecule has 120 valence electrons. The lowest BCUT2D eigenvalue weighted by Gasteiger charge is -2.19. The molecule has 0 amide bonds. The number of hydrogen-bond acceptors (Lipinski definition) is 8. The van der Waals surface area contributed by atoms with E-state index in [-0.39, 0.29) is 5.17 Å². The highest BCUT2D eigenvalue weighted by Crippen LogP contribution is 2.25. The highest BCUT2D eigenvalue weighted by molar-refractivity contribution is 8.14. The number of thiol groups is 3. The first-order valence-electron chi connectivity index (χ1n) is 6.24. The summed E-state index contributed by atoms with van der Waals surface area (Å²) in [6.45, 7) is 0. The third kappa shape index (κ3) is 13.6. The Hall–Kier alpha value is 1.92. The van der Waals surface area contributed by atoms with Gasteiger partial charge < -0.3 is 5.73 Å². The van der Waals surface area contributed by atoms with Crippen molar-refractivity contribution in [3.05, 3.63) is 0 Å². The van der Waals surface area contributed by atoms with E-state index < -0.39 is 0 Å². The number of hydrogen-bond donors (Lipinski definition) is 5. The van der Waals surface area contributed by atoms with Gasteiger partial charge in [0.1, 0.15) is 0 Å². The van der Waals surface area contributed by atoms with E-state index in [1.54, 1.807) is 0 Å². The molecule has 0 saturated heterocycles. The monoisotopic (exact) mass is 408 g/mol. The van der Waals surface area contributed by atoms with Crippen LogP contribution in [0.4, 0.5) is 0 Å². The fourth-order valence-corrected chi connectivity index (χ4v) is 6.89. The lowest BCUT2D eigenvalue weighted by Crippen LogP contribution is -2.19. The molecular weight excluding hydrogens is 385 g/mol. The standard InChI is InChI=1S/C11H24N2S7/c12-11(13)20-8-10(18-4-2-15)7-19-9(5-16)6-17-3-1-14/h9-10,14-16H,1-8H2,(H3,12,13). The van der Waals surface area contributed by atoms with Gasteiger partial charge in [-0.2, -0.15) is 73.2 Å². The first kappa shape index (κ1) is 21.9. The van der Waals surface area contributed by atoms with Crippen molar-refractivity contribution in [3.8, 4) is 0 Å². The molecule has 2 atom stereocenters. The normalized spacial score (nSPS) is 14.2. The van der Waals surface area contributed by atoms with Gasteiger partial charge in [-0.25, -0.2) is 0 Å². The topological polar surface area (TPSA) is 49.9 Å². The fraction of sp³-hybridized carbons (Fsp3) is 0.909. The highest BCUT2D eigenvalue weighted by atomic mass is 32.2. The molecule has 0 aromatic rings. The van der Waals surface area contributed by atoms with Crippen LogP contribution in [0, 0.1) is 5.41 Å². The average molecular weight is 409 g/mol. The third-order valence-electron chi connectivity index (χ3n) is 2.13. The van der Waals surface area contributed by atoms with E-state index >= 15 is 0 Å². The summed E-state index contributed by atoms with van der Waals surface area (Å²) in [4.78, 5) is 0. The minimum atomic E-state index is 0.210. The van der Waals surface area contributed by atoms with E-state index in [4.69, 9.17) is 11.1 Å². The van der Waals surface area contributed by atoms with Gasteiger partial charge in [-0.15, -0.1) is 0 Å². The molecule has 0 aliphatic carbocycles. The largest absolute Gasteiger partial charge is 0.379 e. The molecule has 0 fully saturated rings. The zero-order chi connectivity index (χ0) is 15.2. The Kier molecular flexibility index (Phi) is 17.3. The number of nitrogens with one attached hydrogen (secondary N) is 1. The minimum absolute atomic E-state index is 0.210. The molecule has 0 aromatic carbocycles. The zero-order valence-corrected chi connectivity index (χ0v) is 17.3. The summed E-state index contributed by atoms with van der Waals surface area (Å²) in [6, 6.07) is 0. The SMILES string of the molecule is N=C(N)SCC(CSC(CS)CSCCS)SCCS. The van der Waals surface area contributed by atoms with Gasteiger partial charge in [0.2, 0.25) is 0 Å². The molecule has 0 aliphatic rings. The summed E-state index contributed by atoms with van der Waals surface area (Å²) in [7, 11) is 0. The molecule has 3 N–H and O–H groups in total. The summed E-state index contributed by atoms with van der Waals surface area (Å²) < 4.78 is 0. The van der Waals surface area contributed by atoms with E-state index in [1.165, 1.54) is 11.8 Å². The van der Waals surface area contributed by atoms with Crippen LogP contribution in [0.25, 0.3) is 0 Å². The second kappa shape index (κ2) is 15.8. The summed E-state index contributed by atoms with van der Waals surface area (Å²) in [5, 5.41) is 8.64. The van der Waals surface area contributed by atoms with Crippen molar-refractivity contribution in [2.45, 2.75) is 10.5 Å². The molecule has 2 unspecified atom stereocenters. The van der Waals surface area contributed by atoms with Crippen molar-refractivity contribution >= 4 is 90.1 Å². The Balaban J connectivity index is 4.01. The number of nitrogens with two attached hydrogens (primary N) is 1. The Morgan fingerprint density at radius 2 is 1.65 bits per heavy atom. The number of thioether (sulfide) groups is 4. The maximum atomic E-state index is 7.32. The van der Waals surface area contributed by atoms with Crippen LogP contribution in [0.5, 0.6) is 0 Å². The molecule has 0 aromatic heterocycles. The predicted octanol–water partition coefficient (Wildman–Crippen LogP) is 3.34. The molecule has 0 rings (SSSR count). The molecule has 9 heteroatoms. The van der Waals surface area contributed by atoms with Gasteiger partial charge in [-0.3, -0.25) is 5.41 Å². The van der Waals surface area contributed by atoms with E-state index in [9.17, 15) is 0 Å². The maximum Gasteiger partial charge on any atom is 0.151 e. The lowest BCUT2D eigenvalue weighted by atomic mass is 10.5. The van der Waals surface area contributed by atoms with Gasteiger partial charge in [-0.1, -0.05) is 11.8 Å². The minimum Gasteiger partial charge on any atom is -0.379 e. The van der Waals surface area contributed by atoms with Crippen LogP contribution < -0.4 is 5.73 Å². The van der Waals surface area contributed by atoms with Gasteiger partial charge in [0.15, 0.2) is 5.17 Å². The highest BCUT2D eigenvalue weighted by Gasteiger charge is 2.14. The molecule has 0 heterocycles. The third-order valence-corrected chi connectivity index (χ3v) is 9.16. The van der Waals surface area contributed by atoms with Crippen LogP contribution in [-0.4, -0.2) is 61.7 Å². The number of amidine groups is 1. The predicted molar refractivity (Wildman–Crippen MR) is 116 cm³/mol. The molecule has 2 nitrogen and oxygen atoms in total. The Labute approximate surface area is 156 Å². The molecule has 0 bridgehead atoms. The molecule has 0 spiro atoms. The first-order chi connectivity index (χ1) is 9.63. The maximum absolute atomic E-state index is 7.32. The van der Waals surface area contributed by atoms with Gasteiger partial charge in [0, 0.05) is 45.0 Å². The van der Waals surface area contributed by atoms with Crippen molar-refractivity contribution in [1.29, 1.82) is 5.41 Å². The summed E-state index contributed by atoms with van der Waals surface area (Å²) in [5.41, 5.74) is 5.42. The molecular formula is C11H24N2S7. The fourth-order valence-electron chi connectivity index (χ4n) is 1.22. The van der Waals surface area contributed by atoms with Crippen LogP contribution >= 0.6 is 84.9 Å². The average Bonchev–Trinajstić information content (AvgIpc) is 2.44. The summed E-state index contributed by atoms with van der Waals surface area (Å²) in [6.07, 6.45) is 0. The second-order valence-electron chi connectivity index (χ2n) is 3.83. The Morgan fingerprint density at radius 3 is 2.20 bits per heavy atom. The van der Waals surface area contributed by atoms with Crippen molar-refractivity contribution in [3.63, 3.8) is 0 Å². The van der Waals surface area contributed by atoms with Gasteiger partial charge in [0.25, 0.3) is 0 Å². The smallest absolute Gasteiger partial charge is 0.151 e. The van der Waals surface area contributed by atoms with Gasteiger partial charge >= 0.3 is 0 Å². The van der Waals surface area contributed by atoms with Crippen LogP contribution in [-0.2, 0) is 0 Å². The molecule has 0 radical (unpaired) electrons. The van der Waals surface area contributed by atoms with Crippen LogP contribution in [0.1, 0.15) is 0 Å². The van der Waals surface area contributed by atoms with E-state index in [0.717, 1.165) is 46.0 Å². The van der Waals surface area contributed by atoms with Crippen molar-refractivity contribution < 1.29 is 0 Å². The Bertz CT molecular complexity index is 243. The molecule has 0 aliphatic heterocycles. The van der Waals surface area contributed by atoms with Crippen molar-refractivity contribution in [1.82, 2.24) is 0 Å². The van der Waals surface area contributed by atoms with E-state index in [2.05, 4.69) is 37.9 Å². The van der Waals surface area contributed by atoms with Crippen LogP contribution in [0.15, 0.2) is 0 Å². The van der Waals surface area contributed by atoms with E-state index in [1.807, 2.05) is 35.3 Å². The lowest BCUT2D eigenvalue weighted by molar-refractivity contribution is 1.10. The van der Waals surface area contributed by atoms with Gasteiger partial charge in [-0.05, 0) is 11.5 Å². The molecule has 0 saturated carbocycles. The summed E-state index contributed by atoms with van der Waals surface area (Å²) >= 11 is 20.2. The molecule has 20 heavy (non-hydrogen) atoms. The van der Waals surface area contributed by atoms with Crippen LogP contribution in [0.2, 0.25) is 0 Å². The van der Waals surface area contributed by atoms with E-state index in [0.29, 0.717) is 10.5 Å². The first-order valence-corrected chi connectivity index (χ1v) is 12.4. The summed E-state index contributed by atoms with van der Waals surface area (Å²) in [5.74, 6) is 8.02. The quantitative estimate of drug-likeness (QED) is 0.140.